The van der Waals surface area contributed by atoms with Crippen LogP contribution in [0.2, 0.25) is 0 Å². The van der Waals surface area contributed by atoms with Crippen molar-refractivity contribution in [2.45, 2.75) is 0 Å². The third-order valence-electron chi connectivity index (χ3n) is 2.17. The molecule has 2 amide bonds. The molecule has 0 aliphatic rings. The minimum absolute atomic E-state index is 0.409. The van der Waals surface area contributed by atoms with E-state index in [0.717, 1.165) is 3.79 Å². The first kappa shape index (κ1) is 15.3. The fourth-order valence-electron chi connectivity index (χ4n) is 1.35. The molecule has 0 unspecified atom stereocenters. The summed E-state index contributed by atoms with van der Waals surface area (Å²) in [6.07, 6.45) is 1.59. The molecule has 2 aromatic rings. The quantitative estimate of drug-likeness (QED) is 0.749. The zero-order valence-electron chi connectivity index (χ0n) is 10.5. The van der Waals surface area contributed by atoms with Crippen LogP contribution in [0.3, 0.4) is 0 Å². The third kappa shape index (κ3) is 5.04. The fourth-order valence-corrected chi connectivity index (χ4v) is 2.45. The van der Waals surface area contributed by atoms with Crippen molar-refractivity contribution in [3.05, 3.63) is 34.2 Å². The van der Waals surface area contributed by atoms with Gasteiger partial charge in [0.2, 0.25) is 0 Å². The summed E-state index contributed by atoms with van der Waals surface area (Å²) in [7, 11) is 0. The number of ether oxygens (including phenoxy) is 1. The Morgan fingerprint density at radius 3 is 2.57 bits per heavy atom. The first-order valence-corrected chi connectivity index (χ1v) is 7.28. The zero-order chi connectivity index (χ0) is 15.2. The number of amides is 2. The Kier molecular flexibility index (Phi) is 5.12. The van der Waals surface area contributed by atoms with Crippen LogP contribution in [0.4, 0.5) is 15.6 Å². The number of carboxylic acids is 1. The Labute approximate surface area is 132 Å². The summed E-state index contributed by atoms with van der Waals surface area (Å²) in [6.45, 7) is -0.411. The van der Waals surface area contributed by atoms with Crippen molar-refractivity contribution in [1.29, 1.82) is 0 Å². The number of aromatic nitrogens is 1. The van der Waals surface area contributed by atoms with Crippen LogP contribution in [0.1, 0.15) is 0 Å². The summed E-state index contributed by atoms with van der Waals surface area (Å²) in [5.74, 6) is -0.640. The van der Waals surface area contributed by atoms with Crippen molar-refractivity contribution in [3.63, 3.8) is 0 Å². The van der Waals surface area contributed by atoms with Crippen molar-refractivity contribution in [3.8, 4) is 5.75 Å². The minimum atomic E-state index is -1.05. The molecule has 0 spiro atoms. The lowest BCUT2D eigenvalue weighted by Gasteiger charge is -2.07. The van der Waals surface area contributed by atoms with E-state index in [4.69, 9.17) is 9.84 Å². The molecule has 3 N–H and O–H groups in total. The number of hydrogen-bond donors (Lipinski definition) is 3. The lowest BCUT2D eigenvalue weighted by Crippen LogP contribution is -2.19. The third-order valence-corrected chi connectivity index (χ3v) is 3.56. The summed E-state index contributed by atoms with van der Waals surface area (Å²) >= 11 is 4.55. The number of nitrogens with one attached hydrogen (secondary N) is 2. The highest BCUT2D eigenvalue weighted by molar-refractivity contribution is 9.11. The molecular formula is C12H10BrN3O4S. The van der Waals surface area contributed by atoms with Gasteiger partial charge in [-0.05, 0) is 40.2 Å². The monoisotopic (exact) mass is 371 g/mol. The van der Waals surface area contributed by atoms with E-state index in [0.29, 0.717) is 16.6 Å². The highest BCUT2D eigenvalue weighted by Crippen LogP contribution is 2.23. The van der Waals surface area contributed by atoms with Crippen molar-refractivity contribution in [1.82, 2.24) is 4.98 Å². The Hall–Kier alpha value is -2.13. The van der Waals surface area contributed by atoms with Gasteiger partial charge in [-0.15, -0.1) is 0 Å². The predicted octanol–water partition coefficient (Wildman–Crippen LogP) is 3.01. The van der Waals surface area contributed by atoms with Gasteiger partial charge in [0.1, 0.15) is 5.75 Å². The Bertz CT molecular complexity index is 644. The predicted molar refractivity (Wildman–Crippen MR) is 82.0 cm³/mol. The van der Waals surface area contributed by atoms with Gasteiger partial charge in [0.15, 0.2) is 11.7 Å². The highest BCUT2D eigenvalue weighted by atomic mass is 79.9. The van der Waals surface area contributed by atoms with E-state index in [1.807, 2.05) is 0 Å². The maximum absolute atomic E-state index is 11.7. The molecule has 1 aromatic heterocycles. The maximum atomic E-state index is 11.7. The molecular weight excluding hydrogens is 362 g/mol. The standard InChI is InChI=1S/C12H10BrN3O4S/c13-9-5-14-12(21-9)16-11(19)15-7-1-3-8(4-2-7)20-6-10(17)18/h1-5H,6H2,(H,17,18)(H2,14,15,16,19). The van der Waals surface area contributed by atoms with Gasteiger partial charge < -0.3 is 15.2 Å². The van der Waals surface area contributed by atoms with Crippen LogP contribution in [-0.2, 0) is 4.79 Å². The molecule has 0 fully saturated rings. The van der Waals surface area contributed by atoms with E-state index in [1.54, 1.807) is 30.5 Å². The molecule has 1 aromatic carbocycles. The van der Waals surface area contributed by atoms with Crippen LogP contribution in [0.25, 0.3) is 0 Å². The molecule has 0 aliphatic carbocycles. The largest absolute Gasteiger partial charge is 0.482 e. The zero-order valence-corrected chi connectivity index (χ0v) is 12.9. The molecule has 0 saturated carbocycles. The first-order chi connectivity index (χ1) is 10.0. The Morgan fingerprint density at radius 1 is 1.29 bits per heavy atom. The van der Waals surface area contributed by atoms with Crippen molar-refractivity contribution < 1.29 is 19.4 Å². The molecule has 0 radical (unpaired) electrons. The fraction of sp³-hybridized carbons (Fsp3) is 0.0833. The number of nitrogens with zero attached hydrogens (tertiary/aromatic N) is 1. The second kappa shape index (κ2) is 7.04. The molecule has 0 aliphatic heterocycles. The van der Waals surface area contributed by atoms with Gasteiger partial charge in [0.25, 0.3) is 0 Å². The van der Waals surface area contributed by atoms with Crippen LogP contribution in [0.15, 0.2) is 34.2 Å². The van der Waals surface area contributed by atoms with E-state index < -0.39 is 18.6 Å². The van der Waals surface area contributed by atoms with Crippen LogP contribution in [0, 0.1) is 0 Å². The molecule has 0 bridgehead atoms. The molecule has 110 valence electrons. The normalized spacial score (nSPS) is 9.95. The van der Waals surface area contributed by atoms with Crippen LogP contribution in [-0.4, -0.2) is 28.7 Å². The minimum Gasteiger partial charge on any atom is -0.482 e. The number of aliphatic carboxylic acids is 1. The second-order valence-electron chi connectivity index (χ2n) is 3.76. The number of halogens is 1. The molecule has 2 rings (SSSR count). The van der Waals surface area contributed by atoms with E-state index in [1.165, 1.54) is 11.3 Å². The molecule has 9 heteroatoms. The van der Waals surface area contributed by atoms with E-state index >= 15 is 0 Å². The first-order valence-electron chi connectivity index (χ1n) is 5.67. The lowest BCUT2D eigenvalue weighted by molar-refractivity contribution is -0.139. The average Bonchev–Trinajstić information content (AvgIpc) is 2.83. The van der Waals surface area contributed by atoms with Gasteiger partial charge in [0.05, 0.1) is 9.98 Å². The van der Waals surface area contributed by atoms with Gasteiger partial charge >= 0.3 is 12.0 Å². The van der Waals surface area contributed by atoms with Crippen LogP contribution in [0.5, 0.6) is 5.75 Å². The van der Waals surface area contributed by atoms with Gasteiger partial charge in [-0.1, -0.05) is 11.3 Å². The van der Waals surface area contributed by atoms with Crippen molar-refractivity contribution in [2.24, 2.45) is 0 Å². The number of carboxylic acid groups (broad SMARTS) is 1. The van der Waals surface area contributed by atoms with Gasteiger partial charge in [-0.3, -0.25) is 5.32 Å². The van der Waals surface area contributed by atoms with Crippen LogP contribution < -0.4 is 15.4 Å². The topological polar surface area (TPSA) is 101 Å². The number of carbonyl (C=O) groups excluding carboxylic acids is 1. The van der Waals surface area contributed by atoms with Crippen molar-refractivity contribution >= 4 is 50.1 Å². The Morgan fingerprint density at radius 2 is 2.00 bits per heavy atom. The number of carbonyl (C=O) groups is 2. The summed E-state index contributed by atoms with van der Waals surface area (Å²) in [4.78, 5) is 26.0. The number of thiazole rings is 1. The van der Waals surface area contributed by atoms with Gasteiger partial charge in [-0.25, -0.2) is 14.6 Å². The summed E-state index contributed by atoms with van der Waals surface area (Å²) in [6, 6.07) is 5.93. The smallest absolute Gasteiger partial charge is 0.341 e. The van der Waals surface area contributed by atoms with Gasteiger partial charge in [-0.2, -0.15) is 0 Å². The van der Waals surface area contributed by atoms with E-state index in [9.17, 15) is 9.59 Å². The lowest BCUT2D eigenvalue weighted by atomic mass is 10.3. The van der Waals surface area contributed by atoms with Crippen LogP contribution >= 0.6 is 27.3 Å². The molecule has 1 heterocycles. The summed E-state index contributed by atoms with van der Waals surface area (Å²) in [5, 5.41) is 14.2. The number of urea groups is 1. The second-order valence-corrected chi connectivity index (χ2v) is 6.17. The molecule has 21 heavy (non-hydrogen) atoms. The van der Waals surface area contributed by atoms with Gasteiger partial charge in [0, 0.05) is 5.69 Å². The number of rotatable bonds is 5. The maximum Gasteiger partial charge on any atom is 0.341 e. The SMILES string of the molecule is O=C(O)COc1ccc(NC(=O)Nc2ncc(Br)s2)cc1. The highest BCUT2D eigenvalue weighted by Gasteiger charge is 2.06. The average molecular weight is 372 g/mol. The number of anilines is 2. The van der Waals surface area contributed by atoms with E-state index in [2.05, 4.69) is 31.5 Å². The summed E-state index contributed by atoms with van der Waals surface area (Å²) < 4.78 is 5.80. The summed E-state index contributed by atoms with van der Waals surface area (Å²) in [5.41, 5.74) is 0.547. The number of benzene rings is 1. The molecule has 0 atom stereocenters. The Balaban J connectivity index is 1.87. The molecule has 7 nitrogen and oxygen atoms in total. The van der Waals surface area contributed by atoms with E-state index in [-0.39, 0.29) is 0 Å². The van der Waals surface area contributed by atoms with Crippen molar-refractivity contribution in [2.75, 3.05) is 17.2 Å². The molecule has 0 saturated heterocycles. The number of hydrogen-bond acceptors (Lipinski definition) is 5.